The van der Waals surface area contributed by atoms with E-state index < -0.39 is 0 Å². The molecule has 1 atom stereocenters. The standard InChI is InChI=1S/C15H14ClNOS/c16-12-8-6-11(7-9-12)10-14(15(17)18)19-13-4-2-1-3-5-13/h1-9,14H,10H2,(H2,17,18). The van der Waals surface area contributed by atoms with E-state index in [9.17, 15) is 4.79 Å². The molecule has 0 fully saturated rings. The zero-order valence-electron chi connectivity index (χ0n) is 10.3. The summed E-state index contributed by atoms with van der Waals surface area (Å²) in [5, 5.41) is 0.415. The maximum Gasteiger partial charge on any atom is 0.231 e. The maximum atomic E-state index is 11.6. The van der Waals surface area contributed by atoms with E-state index in [1.165, 1.54) is 11.8 Å². The van der Waals surface area contributed by atoms with Crippen LogP contribution in [0.15, 0.2) is 59.5 Å². The van der Waals surface area contributed by atoms with E-state index in [-0.39, 0.29) is 11.2 Å². The predicted molar refractivity (Wildman–Crippen MR) is 80.4 cm³/mol. The van der Waals surface area contributed by atoms with Gasteiger partial charge in [0.1, 0.15) is 0 Å². The third kappa shape index (κ3) is 4.30. The fraction of sp³-hybridized carbons (Fsp3) is 0.133. The Hall–Kier alpha value is -1.45. The lowest BCUT2D eigenvalue weighted by molar-refractivity contribution is -0.117. The Morgan fingerprint density at radius 1 is 1.11 bits per heavy atom. The average Bonchev–Trinajstić information content (AvgIpc) is 2.41. The van der Waals surface area contributed by atoms with E-state index in [4.69, 9.17) is 17.3 Å². The van der Waals surface area contributed by atoms with Gasteiger partial charge in [-0.1, -0.05) is 41.9 Å². The molecule has 0 heterocycles. The number of hydrogen-bond donors (Lipinski definition) is 1. The van der Waals surface area contributed by atoms with Crippen LogP contribution in [0.1, 0.15) is 5.56 Å². The Morgan fingerprint density at radius 2 is 1.74 bits per heavy atom. The van der Waals surface area contributed by atoms with Crippen molar-refractivity contribution < 1.29 is 4.79 Å². The molecule has 19 heavy (non-hydrogen) atoms. The molecule has 2 nitrogen and oxygen atoms in total. The molecular formula is C15H14ClNOS. The molecule has 0 saturated heterocycles. The number of benzene rings is 2. The van der Waals surface area contributed by atoms with Gasteiger partial charge in [0, 0.05) is 9.92 Å². The third-order valence-electron chi connectivity index (χ3n) is 2.67. The second kappa shape index (κ2) is 6.64. The van der Waals surface area contributed by atoms with Gasteiger partial charge < -0.3 is 5.73 Å². The van der Waals surface area contributed by atoms with Crippen molar-refractivity contribution >= 4 is 29.3 Å². The molecule has 2 rings (SSSR count). The second-order valence-corrected chi connectivity index (χ2v) is 5.87. The Morgan fingerprint density at radius 3 is 2.32 bits per heavy atom. The SMILES string of the molecule is NC(=O)C(Cc1ccc(Cl)cc1)Sc1ccccc1. The van der Waals surface area contributed by atoms with E-state index in [0.29, 0.717) is 11.4 Å². The van der Waals surface area contributed by atoms with Crippen molar-refractivity contribution in [2.45, 2.75) is 16.6 Å². The van der Waals surface area contributed by atoms with Crippen LogP contribution in [-0.2, 0) is 11.2 Å². The Balaban J connectivity index is 2.08. The Bertz CT molecular complexity index is 542. The number of carbonyl (C=O) groups excluding carboxylic acids is 1. The first kappa shape index (κ1) is 14.0. The summed E-state index contributed by atoms with van der Waals surface area (Å²) in [6.45, 7) is 0. The smallest absolute Gasteiger partial charge is 0.231 e. The van der Waals surface area contributed by atoms with Crippen LogP contribution < -0.4 is 5.73 Å². The van der Waals surface area contributed by atoms with E-state index >= 15 is 0 Å². The number of hydrogen-bond acceptors (Lipinski definition) is 2. The van der Waals surface area contributed by atoms with Gasteiger partial charge in [-0.3, -0.25) is 4.79 Å². The van der Waals surface area contributed by atoms with Gasteiger partial charge in [0.25, 0.3) is 0 Å². The summed E-state index contributed by atoms with van der Waals surface area (Å²) in [6, 6.07) is 17.3. The molecule has 0 aliphatic heterocycles. The van der Waals surface area contributed by atoms with Crippen LogP contribution in [0.5, 0.6) is 0 Å². The zero-order valence-corrected chi connectivity index (χ0v) is 11.8. The Kier molecular flexibility index (Phi) is 4.88. The van der Waals surface area contributed by atoms with Gasteiger partial charge in [-0.2, -0.15) is 0 Å². The van der Waals surface area contributed by atoms with E-state index in [1.807, 2.05) is 54.6 Å². The molecule has 0 aliphatic carbocycles. The van der Waals surface area contributed by atoms with Gasteiger partial charge in [0.2, 0.25) is 5.91 Å². The molecule has 0 spiro atoms. The molecule has 2 aromatic carbocycles. The quantitative estimate of drug-likeness (QED) is 0.857. The molecule has 0 aliphatic rings. The molecule has 0 aromatic heterocycles. The van der Waals surface area contributed by atoms with Crippen molar-refractivity contribution in [2.24, 2.45) is 5.73 Å². The lowest BCUT2D eigenvalue weighted by Gasteiger charge is -2.13. The number of rotatable bonds is 5. The number of nitrogens with two attached hydrogens (primary N) is 1. The third-order valence-corrected chi connectivity index (χ3v) is 4.15. The monoisotopic (exact) mass is 291 g/mol. The molecule has 98 valence electrons. The molecule has 4 heteroatoms. The topological polar surface area (TPSA) is 43.1 Å². The van der Waals surface area contributed by atoms with Crippen molar-refractivity contribution in [1.29, 1.82) is 0 Å². The van der Waals surface area contributed by atoms with Gasteiger partial charge in [-0.25, -0.2) is 0 Å². The van der Waals surface area contributed by atoms with Crippen molar-refractivity contribution in [2.75, 3.05) is 0 Å². The van der Waals surface area contributed by atoms with Gasteiger partial charge in [-0.15, -0.1) is 11.8 Å². The van der Waals surface area contributed by atoms with Gasteiger partial charge in [0.15, 0.2) is 0 Å². The highest BCUT2D eigenvalue weighted by molar-refractivity contribution is 8.00. The predicted octanol–water partition coefficient (Wildman–Crippen LogP) is 3.53. The number of primary amides is 1. The van der Waals surface area contributed by atoms with Crippen LogP contribution in [0.3, 0.4) is 0 Å². The molecule has 2 aromatic rings. The highest BCUT2D eigenvalue weighted by atomic mass is 35.5. The largest absolute Gasteiger partial charge is 0.369 e. The summed E-state index contributed by atoms with van der Waals surface area (Å²) in [7, 11) is 0. The highest BCUT2D eigenvalue weighted by Crippen LogP contribution is 2.25. The van der Waals surface area contributed by atoms with Gasteiger partial charge in [0.05, 0.1) is 5.25 Å². The van der Waals surface area contributed by atoms with Crippen LogP contribution in [0.2, 0.25) is 5.02 Å². The minimum Gasteiger partial charge on any atom is -0.369 e. The summed E-state index contributed by atoms with van der Waals surface area (Å²) in [6.07, 6.45) is 0.603. The fourth-order valence-electron chi connectivity index (χ4n) is 1.70. The summed E-state index contributed by atoms with van der Waals surface area (Å²) < 4.78 is 0. The van der Waals surface area contributed by atoms with Gasteiger partial charge in [-0.05, 0) is 36.2 Å². The minimum absolute atomic E-state index is 0.274. The van der Waals surface area contributed by atoms with Crippen LogP contribution in [0, 0.1) is 0 Å². The van der Waals surface area contributed by atoms with Crippen LogP contribution in [0.4, 0.5) is 0 Å². The summed E-state index contributed by atoms with van der Waals surface area (Å²) >= 11 is 7.33. The van der Waals surface area contributed by atoms with E-state index in [0.717, 1.165) is 10.5 Å². The first-order chi connectivity index (χ1) is 9.15. The summed E-state index contributed by atoms with van der Waals surface area (Å²) in [5.41, 5.74) is 6.53. The molecule has 0 radical (unpaired) electrons. The van der Waals surface area contributed by atoms with Crippen LogP contribution in [-0.4, -0.2) is 11.2 Å². The molecule has 1 amide bonds. The normalized spacial score (nSPS) is 12.1. The van der Waals surface area contributed by atoms with E-state index in [2.05, 4.69) is 0 Å². The number of carbonyl (C=O) groups is 1. The molecule has 1 unspecified atom stereocenters. The lowest BCUT2D eigenvalue weighted by atomic mass is 10.1. The maximum absolute atomic E-state index is 11.6. The van der Waals surface area contributed by atoms with Crippen LogP contribution >= 0.6 is 23.4 Å². The number of halogens is 1. The Labute approximate surface area is 122 Å². The molecule has 0 bridgehead atoms. The average molecular weight is 292 g/mol. The fourth-order valence-corrected chi connectivity index (χ4v) is 2.86. The first-order valence-corrected chi connectivity index (χ1v) is 7.16. The summed E-state index contributed by atoms with van der Waals surface area (Å²) in [4.78, 5) is 12.6. The zero-order chi connectivity index (χ0) is 13.7. The van der Waals surface area contributed by atoms with Crippen LogP contribution in [0.25, 0.3) is 0 Å². The van der Waals surface area contributed by atoms with Gasteiger partial charge >= 0.3 is 0 Å². The molecule has 0 saturated carbocycles. The summed E-state index contributed by atoms with van der Waals surface area (Å²) in [5.74, 6) is -0.302. The molecular weight excluding hydrogens is 278 g/mol. The van der Waals surface area contributed by atoms with E-state index in [1.54, 1.807) is 0 Å². The van der Waals surface area contributed by atoms with Crippen molar-refractivity contribution in [3.8, 4) is 0 Å². The van der Waals surface area contributed by atoms with Crippen molar-refractivity contribution in [3.63, 3.8) is 0 Å². The lowest BCUT2D eigenvalue weighted by Crippen LogP contribution is -2.27. The minimum atomic E-state index is -0.302. The van der Waals surface area contributed by atoms with Crippen molar-refractivity contribution in [3.05, 3.63) is 65.2 Å². The second-order valence-electron chi connectivity index (χ2n) is 4.15. The first-order valence-electron chi connectivity index (χ1n) is 5.90. The molecule has 2 N–H and O–H groups in total. The van der Waals surface area contributed by atoms with Crippen molar-refractivity contribution in [1.82, 2.24) is 0 Å². The highest BCUT2D eigenvalue weighted by Gasteiger charge is 2.17. The number of thioether (sulfide) groups is 1. The number of amides is 1.